The number of nitrogens with one attached hydrogen (secondary N) is 1. The Labute approximate surface area is 244 Å². The van der Waals surface area contributed by atoms with Gasteiger partial charge in [-0.1, -0.05) is 65.7 Å². The molecule has 6 heteroatoms. The van der Waals surface area contributed by atoms with Crippen LogP contribution < -0.4 is 5.32 Å². The molecule has 5 nitrogen and oxygen atoms in total. The van der Waals surface area contributed by atoms with Crippen LogP contribution in [-0.4, -0.2) is 49.8 Å². The van der Waals surface area contributed by atoms with E-state index in [9.17, 15) is 9.90 Å². The number of hydrogen-bond donors (Lipinski definition) is 2. The summed E-state index contributed by atoms with van der Waals surface area (Å²) in [6.07, 6.45) is 4.61. The third kappa shape index (κ3) is 7.32. The van der Waals surface area contributed by atoms with Crippen LogP contribution in [0.2, 0.25) is 5.02 Å². The maximum atomic E-state index is 13.6. The van der Waals surface area contributed by atoms with Gasteiger partial charge in [0.25, 0.3) is 5.91 Å². The Kier molecular flexibility index (Phi) is 10.8. The Hall–Kier alpha value is -2.70. The molecule has 0 saturated carbocycles. The van der Waals surface area contributed by atoms with Crippen LogP contribution in [0.1, 0.15) is 70.3 Å². The van der Waals surface area contributed by atoms with E-state index in [0.29, 0.717) is 43.1 Å². The van der Waals surface area contributed by atoms with Crippen molar-refractivity contribution in [1.82, 2.24) is 10.2 Å². The summed E-state index contributed by atoms with van der Waals surface area (Å²) in [5.74, 6) is -0.0837. The summed E-state index contributed by atoms with van der Waals surface area (Å²) in [7, 11) is 3.62. The molecule has 0 aliphatic carbocycles. The molecule has 214 valence electrons. The third-order valence-electron chi connectivity index (χ3n) is 8.17. The highest BCUT2D eigenvalue weighted by Crippen LogP contribution is 2.43. The number of ether oxygens (including phenoxy) is 1. The van der Waals surface area contributed by atoms with E-state index >= 15 is 0 Å². The van der Waals surface area contributed by atoms with Crippen molar-refractivity contribution < 1.29 is 14.6 Å². The van der Waals surface area contributed by atoms with Crippen molar-refractivity contribution in [2.45, 2.75) is 57.6 Å². The second-order valence-electron chi connectivity index (χ2n) is 11.1. The van der Waals surface area contributed by atoms with Gasteiger partial charge in [0.15, 0.2) is 0 Å². The number of aliphatic hydroxyl groups is 1. The van der Waals surface area contributed by atoms with Crippen LogP contribution in [0.4, 0.5) is 0 Å². The molecule has 0 radical (unpaired) electrons. The monoisotopic (exact) mass is 562 g/mol. The van der Waals surface area contributed by atoms with Crippen molar-refractivity contribution in [1.29, 1.82) is 0 Å². The fourth-order valence-electron chi connectivity index (χ4n) is 6.07. The van der Waals surface area contributed by atoms with Crippen molar-refractivity contribution in [2.24, 2.45) is 5.92 Å². The molecule has 3 aromatic carbocycles. The Bertz CT molecular complexity index is 1260. The average molecular weight is 563 g/mol. The molecule has 4 rings (SSSR count). The highest BCUT2D eigenvalue weighted by molar-refractivity contribution is 6.31. The van der Waals surface area contributed by atoms with E-state index < -0.39 is 5.60 Å². The first-order chi connectivity index (χ1) is 19.4. The molecule has 1 heterocycles. The average Bonchev–Trinajstić information content (AvgIpc) is 2.96. The molecule has 1 aliphatic heterocycles. The SMILES string of the molecule is CNCc1ccc(C(=O)N2CCC[C@@H]([C@@](O)(CCCCOC)c3cccc(Cl)c3Cc3cccc(C)c3)C2)cc1. The lowest BCUT2D eigenvalue weighted by molar-refractivity contribution is -0.0583. The van der Waals surface area contributed by atoms with Crippen LogP contribution in [0.25, 0.3) is 0 Å². The van der Waals surface area contributed by atoms with Gasteiger partial charge in [-0.3, -0.25) is 4.79 Å². The van der Waals surface area contributed by atoms with Gasteiger partial charge < -0.3 is 20.1 Å². The molecular weight excluding hydrogens is 520 g/mol. The number of carbonyl (C=O) groups is 1. The minimum atomic E-state index is -1.12. The topological polar surface area (TPSA) is 61.8 Å². The molecule has 3 aromatic rings. The summed E-state index contributed by atoms with van der Waals surface area (Å²) in [5, 5.41) is 16.5. The molecule has 2 atom stereocenters. The van der Waals surface area contributed by atoms with E-state index in [0.717, 1.165) is 48.9 Å². The first kappa shape index (κ1) is 30.3. The van der Waals surface area contributed by atoms with E-state index in [-0.39, 0.29) is 11.8 Å². The Morgan fingerprint density at radius 3 is 2.60 bits per heavy atom. The van der Waals surface area contributed by atoms with Gasteiger partial charge in [-0.05, 0) is 92.9 Å². The minimum Gasteiger partial charge on any atom is -0.385 e. The second kappa shape index (κ2) is 14.3. The van der Waals surface area contributed by atoms with Crippen molar-refractivity contribution in [3.05, 3.63) is 105 Å². The zero-order valence-corrected chi connectivity index (χ0v) is 24.8. The van der Waals surface area contributed by atoms with Gasteiger partial charge in [0.2, 0.25) is 0 Å². The second-order valence-corrected chi connectivity index (χ2v) is 11.5. The number of unbranched alkanes of at least 4 members (excludes halogenated alkanes) is 1. The van der Waals surface area contributed by atoms with Gasteiger partial charge in [0.1, 0.15) is 0 Å². The standard InChI is InChI=1S/C34H43ClN2O3/c1-25-9-6-10-27(21-25)22-30-31(12-7-13-32(30)35)34(39,18-4-5-20-40-3)29-11-8-19-37(24-29)33(38)28-16-14-26(15-17-28)23-36-2/h6-7,9-10,12-17,21,29,36,39H,4-5,8,11,18-20,22-24H2,1-3H3/t29-,34+/m1/s1. The molecule has 0 unspecified atom stereocenters. The summed E-state index contributed by atoms with van der Waals surface area (Å²) < 4.78 is 5.30. The van der Waals surface area contributed by atoms with Crippen molar-refractivity contribution in [2.75, 3.05) is 33.9 Å². The maximum absolute atomic E-state index is 13.6. The smallest absolute Gasteiger partial charge is 0.253 e. The van der Waals surface area contributed by atoms with E-state index in [2.05, 4.69) is 36.5 Å². The zero-order chi connectivity index (χ0) is 28.5. The normalized spacial score (nSPS) is 17.0. The number of likely N-dealkylation sites (tertiary alicyclic amines) is 1. The molecular formula is C34H43ClN2O3. The number of hydrogen-bond acceptors (Lipinski definition) is 4. The van der Waals surface area contributed by atoms with Gasteiger partial charge in [-0.2, -0.15) is 0 Å². The lowest BCUT2D eigenvalue weighted by atomic mass is 9.72. The zero-order valence-electron chi connectivity index (χ0n) is 24.1. The van der Waals surface area contributed by atoms with Crippen LogP contribution in [0, 0.1) is 12.8 Å². The predicted octanol–water partition coefficient (Wildman–Crippen LogP) is 6.52. The molecule has 2 N–H and O–H groups in total. The highest BCUT2D eigenvalue weighted by Gasteiger charge is 2.42. The first-order valence-electron chi connectivity index (χ1n) is 14.4. The lowest BCUT2D eigenvalue weighted by Gasteiger charge is -2.44. The number of rotatable bonds is 12. The van der Waals surface area contributed by atoms with Gasteiger partial charge in [0.05, 0.1) is 5.60 Å². The van der Waals surface area contributed by atoms with E-state index in [1.54, 1.807) is 7.11 Å². The molecule has 0 bridgehead atoms. The molecule has 1 saturated heterocycles. The number of piperidine rings is 1. The number of amides is 1. The number of halogens is 1. The Balaban J connectivity index is 1.64. The number of aryl methyl sites for hydroxylation is 1. The molecule has 1 amide bonds. The molecule has 0 aromatic heterocycles. The molecule has 0 spiro atoms. The maximum Gasteiger partial charge on any atom is 0.253 e. The van der Waals surface area contributed by atoms with Crippen molar-refractivity contribution in [3.8, 4) is 0 Å². The summed E-state index contributed by atoms with van der Waals surface area (Å²) in [6, 6.07) is 22.1. The quantitative estimate of drug-likeness (QED) is 0.247. The number of benzene rings is 3. The van der Waals surface area contributed by atoms with Crippen LogP contribution >= 0.6 is 11.6 Å². The predicted molar refractivity (Wildman–Crippen MR) is 163 cm³/mol. The fourth-order valence-corrected chi connectivity index (χ4v) is 6.31. The summed E-state index contributed by atoms with van der Waals surface area (Å²) >= 11 is 6.84. The molecule has 1 aliphatic rings. The van der Waals surface area contributed by atoms with E-state index in [1.165, 1.54) is 11.1 Å². The van der Waals surface area contributed by atoms with E-state index in [4.69, 9.17) is 16.3 Å². The van der Waals surface area contributed by atoms with Crippen LogP contribution in [0.3, 0.4) is 0 Å². The van der Waals surface area contributed by atoms with Crippen LogP contribution in [0.5, 0.6) is 0 Å². The van der Waals surface area contributed by atoms with Gasteiger partial charge >= 0.3 is 0 Å². The van der Waals surface area contributed by atoms with Crippen LogP contribution in [0.15, 0.2) is 66.7 Å². The Morgan fingerprint density at radius 1 is 1.10 bits per heavy atom. The fraction of sp³-hybridized carbons (Fsp3) is 0.441. The number of nitrogens with zero attached hydrogens (tertiary/aromatic N) is 1. The van der Waals surface area contributed by atoms with Gasteiger partial charge in [0, 0.05) is 49.9 Å². The molecule has 1 fully saturated rings. The third-order valence-corrected chi connectivity index (χ3v) is 8.52. The first-order valence-corrected chi connectivity index (χ1v) is 14.8. The lowest BCUT2D eigenvalue weighted by Crippen LogP contribution is -2.48. The highest BCUT2D eigenvalue weighted by atomic mass is 35.5. The summed E-state index contributed by atoms with van der Waals surface area (Å²) in [6.45, 7) is 4.71. The van der Waals surface area contributed by atoms with Crippen LogP contribution in [-0.2, 0) is 23.3 Å². The largest absolute Gasteiger partial charge is 0.385 e. The van der Waals surface area contributed by atoms with Crippen molar-refractivity contribution >= 4 is 17.5 Å². The summed E-state index contributed by atoms with van der Waals surface area (Å²) in [4.78, 5) is 15.5. The van der Waals surface area contributed by atoms with E-state index in [1.807, 2.05) is 54.4 Å². The molecule has 40 heavy (non-hydrogen) atoms. The van der Waals surface area contributed by atoms with Gasteiger partial charge in [-0.15, -0.1) is 0 Å². The summed E-state index contributed by atoms with van der Waals surface area (Å²) in [5.41, 5.74) is 4.92. The minimum absolute atomic E-state index is 0.0218. The number of methoxy groups -OCH3 is 1. The number of carbonyl (C=O) groups excluding carboxylic acids is 1. The Morgan fingerprint density at radius 2 is 1.88 bits per heavy atom. The van der Waals surface area contributed by atoms with Crippen molar-refractivity contribution in [3.63, 3.8) is 0 Å². The van der Waals surface area contributed by atoms with Gasteiger partial charge in [-0.25, -0.2) is 0 Å².